The van der Waals surface area contributed by atoms with Crippen LogP contribution in [0.2, 0.25) is 0 Å². The molecule has 0 aliphatic heterocycles. The quantitative estimate of drug-likeness (QED) is 0.309. The Morgan fingerprint density at radius 2 is 1.73 bits per heavy atom. The van der Waals surface area contributed by atoms with Gasteiger partial charge in [0, 0.05) is 36.4 Å². The first-order valence-electron chi connectivity index (χ1n) is 10.2. The maximum atomic E-state index is 12.5. The molecule has 0 radical (unpaired) electrons. The summed E-state index contributed by atoms with van der Waals surface area (Å²) in [5.41, 5.74) is 2.59. The van der Waals surface area contributed by atoms with Gasteiger partial charge in [0.1, 0.15) is 11.5 Å². The number of nitrogens with one attached hydrogen (secondary N) is 2. The molecule has 0 unspecified atom stereocenters. The molecule has 3 rings (SSSR count). The van der Waals surface area contributed by atoms with Crippen LogP contribution in [0.1, 0.15) is 28.4 Å². The van der Waals surface area contributed by atoms with Gasteiger partial charge < -0.3 is 20.1 Å². The number of amides is 2. The second-order valence-electron chi connectivity index (χ2n) is 7.07. The number of para-hydroxylation sites is 1. The Labute approximate surface area is 192 Å². The number of rotatable bonds is 8. The topological polar surface area (TPSA) is 93.7 Å². The number of benzene rings is 3. The summed E-state index contributed by atoms with van der Waals surface area (Å²) in [4.78, 5) is 35.9. The molecule has 0 aliphatic carbocycles. The lowest BCUT2D eigenvalue weighted by Gasteiger charge is -2.09. The maximum absolute atomic E-state index is 12.5. The first-order chi connectivity index (χ1) is 15.9. The van der Waals surface area contributed by atoms with E-state index in [1.807, 2.05) is 30.3 Å². The fraction of sp³-hybridized carbons (Fsp3) is 0.115. The van der Waals surface area contributed by atoms with Gasteiger partial charge in [-0.1, -0.05) is 36.4 Å². The molecule has 0 atom stereocenters. The van der Waals surface area contributed by atoms with Crippen molar-refractivity contribution in [3.8, 4) is 11.5 Å². The van der Waals surface area contributed by atoms with Gasteiger partial charge in [-0.2, -0.15) is 0 Å². The molecule has 168 valence electrons. The highest BCUT2D eigenvalue weighted by molar-refractivity contribution is 6.02. The van der Waals surface area contributed by atoms with Gasteiger partial charge in [0.25, 0.3) is 5.91 Å². The standard InChI is InChI=1S/C26H24N2O5/c1-18(29)33-23-11-6-9-21(16-23)26(31)27-17-19-7-5-10-22(15-19)28-25(30)14-13-20-8-3-4-12-24(20)32-2/h3-16H,17H2,1-2H3,(H,27,31)(H,28,30)/b14-13+. The highest BCUT2D eigenvalue weighted by atomic mass is 16.5. The van der Waals surface area contributed by atoms with Gasteiger partial charge in [-0.05, 0) is 48.0 Å². The molecule has 0 spiro atoms. The molecule has 7 nitrogen and oxygen atoms in total. The highest BCUT2D eigenvalue weighted by Gasteiger charge is 2.08. The van der Waals surface area contributed by atoms with E-state index in [-0.39, 0.29) is 18.4 Å². The lowest BCUT2D eigenvalue weighted by Crippen LogP contribution is -2.23. The van der Waals surface area contributed by atoms with Crippen LogP contribution in [-0.4, -0.2) is 24.9 Å². The number of hydrogen-bond acceptors (Lipinski definition) is 5. The predicted molar refractivity (Wildman–Crippen MR) is 126 cm³/mol. The Morgan fingerprint density at radius 3 is 2.52 bits per heavy atom. The molecular formula is C26H24N2O5. The molecule has 0 saturated carbocycles. The second-order valence-corrected chi connectivity index (χ2v) is 7.07. The largest absolute Gasteiger partial charge is 0.496 e. The summed E-state index contributed by atoms with van der Waals surface area (Å²) in [6.07, 6.45) is 3.12. The van der Waals surface area contributed by atoms with E-state index >= 15 is 0 Å². The van der Waals surface area contributed by atoms with Crippen LogP contribution in [-0.2, 0) is 16.1 Å². The van der Waals surface area contributed by atoms with Crippen molar-refractivity contribution >= 4 is 29.5 Å². The molecule has 3 aromatic carbocycles. The monoisotopic (exact) mass is 444 g/mol. The highest BCUT2D eigenvalue weighted by Crippen LogP contribution is 2.19. The van der Waals surface area contributed by atoms with E-state index in [9.17, 15) is 14.4 Å². The van der Waals surface area contributed by atoms with E-state index in [1.54, 1.807) is 49.6 Å². The van der Waals surface area contributed by atoms with Crippen molar-refractivity contribution < 1.29 is 23.9 Å². The van der Waals surface area contributed by atoms with Crippen molar-refractivity contribution in [2.75, 3.05) is 12.4 Å². The van der Waals surface area contributed by atoms with E-state index in [4.69, 9.17) is 9.47 Å². The third-order valence-corrected chi connectivity index (χ3v) is 4.56. The van der Waals surface area contributed by atoms with Crippen molar-refractivity contribution in [3.63, 3.8) is 0 Å². The Bertz CT molecular complexity index is 1190. The van der Waals surface area contributed by atoms with Gasteiger partial charge in [0.15, 0.2) is 0 Å². The summed E-state index contributed by atoms with van der Waals surface area (Å²) in [7, 11) is 1.58. The average molecular weight is 444 g/mol. The Morgan fingerprint density at radius 1 is 0.939 bits per heavy atom. The van der Waals surface area contributed by atoms with Crippen LogP contribution >= 0.6 is 0 Å². The molecule has 7 heteroatoms. The van der Waals surface area contributed by atoms with Crippen molar-refractivity contribution in [1.29, 1.82) is 0 Å². The van der Waals surface area contributed by atoms with Crippen molar-refractivity contribution in [1.82, 2.24) is 5.32 Å². The zero-order chi connectivity index (χ0) is 23.6. The minimum atomic E-state index is -0.454. The number of carbonyl (C=O) groups is 3. The fourth-order valence-corrected chi connectivity index (χ4v) is 3.06. The van der Waals surface area contributed by atoms with Crippen LogP contribution in [0.15, 0.2) is 78.9 Å². The molecule has 0 heterocycles. The third kappa shape index (κ3) is 7.07. The zero-order valence-corrected chi connectivity index (χ0v) is 18.3. The summed E-state index contributed by atoms with van der Waals surface area (Å²) in [5, 5.41) is 5.62. The first-order valence-corrected chi connectivity index (χ1v) is 10.2. The number of anilines is 1. The van der Waals surface area contributed by atoms with E-state index in [2.05, 4.69) is 10.6 Å². The molecule has 2 N–H and O–H groups in total. The van der Waals surface area contributed by atoms with Crippen molar-refractivity contribution in [2.45, 2.75) is 13.5 Å². The number of esters is 1. The SMILES string of the molecule is COc1ccccc1/C=C/C(=O)Nc1cccc(CNC(=O)c2cccc(OC(C)=O)c2)c1. The van der Waals surface area contributed by atoms with Gasteiger partial charge in [0.2, 0.25) is 5.91 Å². The van der Waals surface area contributed by atoms with E-state index in [0.717, 1.165) is 11.1 Å². The van der Waals surface area contributed by atoms with E-state index in [0.29, 0.717) is 22.7 Å². The summed E-state index contributed by atoms with van der Waals surface area (Å²) >= 11 is 0. The Kier molecular flexibility index (Phi) is 7.96. The van der Waals surface area contributed by atoms with Crippen molar-refractivity contribution in [2.24, 2.45) is 0 Å². The van der Waals surface area contributed by atoms with Crippen molar-refractivity contribution in [3.05, 3.63) is 95.6 Å². The maximum Gasteiger partial charge on any atom is 0.308 e. The minimum Gasteiger partial charge on any atom is -0.496 e. The number of carbonyl (C=O) groups excluding carboxylic acids is 3. The average Bonchev–Trinajstić information content (AvgIpc) is 2.81. The minimum absolute atomic E-state index is 0.261. The van der Waals surface area contributed by atoms with Crippen LogP contribution < -0.4 is 20.1 Å². The molecule has 2 amide bonds. The Hall–Kier alpha value is -4.39. The fourth-order valence-electron chi connectivity index (χ4n) is 3.06. The Balaban J connectivity index is 1.58. The van der Waals surface area contributed by atoms with Crippen LogP contribution in [0, 0.1) is 0 Å². The molecule has 0 saturated heterocycles. The van der Waals surface area contributed by atoms with E-state index in [1.165, 1.54) is 19.1 Å². The normalized spacial score (nSPS) is 10.5. The molecular weight excluding hydrogens is 420 g/mol. The smallest absolute Gasteiger partial charge is 0.308 e. The lowest BCUT2D eigenvalue weighted by atomic mass is 10.1. The second kappa shape index (κ2) is 11.3. The predicted octanol–water partition coefficient (Wildman–Crippen LogP) is 4.20. The lowest BCUT2D eigenvalue weighted by molar-refractivity contribution is -0.131. The number of hydrogen-bond donors (Lipinski definition) is 2. The number of ether oxygens (including phenoxy) is 2. The summed E-state index contributed by atoms with van der Waals surface area (Å²) < 4.78 is 10.3. The van der Waals surface area contributed by atoms with Crippen LogP contribution in [0.4, 0.5) is 5.69 Å². The van der Waals surface area contributed by atoms with Gasteiger partial charge in [-0.15, -0.1) is 0 Å². The van der Waals surface area contributed by atoms with Crippen LogP contribution in [0.3, 0.4) is 0 Å². The molecule has 3 aromatic rings. The number of methoxy groups -OCH3 is 1. The molecule has 0 fully saturated rings. The van der Waals surface area contributed by atoms with Gasteiger partial charge in [0.05, 0.1) is 7.11 Å². The van der Waals surface area contributed by atoms with Gasteiger partial charge in [-0.25, -0.2) is 0 Å². The van der Waals surface area contributed by atoms with E-state index < -0.39 is 5.97 Å². The van der Waals surface area contributed by atoms with Crippen LogP contribution in [0.25, 0.3) is 6.08 Å². The summed E-state index contributed by atoms with van der Waals surface area (Å²) in [6, 6.07) is 21.0. The van der Waals surface area contributed by atoms with Crippen LogP contribution in [0.5, 0.6) is 11.5 Å². The molecule has 33 heavy (non-hydrogen) atoms. The third-order valence-electron chi connectivity index (χ3n) is 4.56. The summed E-state index contributed by atoms with van der Waals surface area (Å²) in [5.74, 6) is -0.0644. The van der Waals surface area contributed by atoms with Gasteiger partial charge >= 0.3 is 5.97 Å². The summed E-state index contributed by atoms with van der Waals surface area (Å²) in [6.45, 7) is 1.56. The zero-order valence-electron chi connectivity index (χ0n) is 18.3. The molecule has 0 bridgehead atoms. The van der Waals surface area contributed by atoms with Gasteiger partial charge in [-0.3, -0.25) is 14.4 Å². The molecule has 0 aromatic heterocycles. The molecule has 0 aliphatic rings. The first kappa shape index (κ1) is 23.3.